The summed E-state index contributed by atoms with van der Waals surface area (Å²) >= 11 is 5.82. The Bertz CT molecular complexity index is 855. The van der Waals surface area contributed by atoms with Gasteiger partial charge in [-0.25, -0.2) is 0 Å². The van der Waals surface area contributed by atoms with Crippen LogP contribution in [0.1, 0.15) is 29.2 Å². The molecule has 1 N–H and O–H groups in total. The molecule has 3 rings (SSSR count). The Kier molecular flexibility index (Phi) is 3.79. The molecule has 0 aliphatic carbocycles. The van der Waals surface area contributed by atoms with Crippen LogP contribution in [0.2, 0.25) is 0 Å². The van der Waals surface area contributed by atoms with E-state index in [0.29, 0.717) is 5.75 Å². The lowest BCUT2D eigenvalue weighted by molar-refractivity contribution is 0.612. The summed E-state index contributed by atoms with van der Waals surface area (Å²) in [5.74, 6) is 0.706. The highest BCUT2D eigenvalue weighted by Gasteiger charge is 2.21. The quantitative estimate of drug-likeness (QED) is 0.765. The van der Waals surface area contributed by atoms with E-state index in [1.165, 1.54) is 11.1 Å². The highest BCUT2D eigenvalue weighted by Crippen LogP contribution is 2.42. The first-order valence-corrected chi connectivity index (χ1v) is 7.62. The fourth-order valence-corrected chi connectivity index (χ4v) is 3.40. The third kappa shape index (κ3) is 2.06. The van der Waals surface area contributed by atoms with Crippen molar-refractivity contribution in [2.45, 2.75) is 34.1 Å². The van der Waals surface area contributed by atoms with Gasteiger partial charge in [-0.05, 0) is 55.5 Å². The number of halogens is 1. The average Bonchev–Trinajstić information content (AvgIpc) is 3.00. The minimum Gasteiger partial charge on any atom is -0.385 e. The van der Waals surface area contributed by atoms with Gasteiger partial charge >= 0.3 is 0 Å². The summed E-state index contributed by atoms with van der Waals surface area (Å²) in [7, 11) is 0. The van der Waals surface area contributed by atoms with Gasteiger partial charge in [-0.1, -0.05) is 19.1 Å². The van der Waals surface area contributed by atoms with Gasteiger partial charge in [-0.3, -0.25) is 0 Å². The first kappa shape index (κ1) is 14.9. The maximum atomic E-state index is 5.82. The molecule has 0 aliphatic heterocycles. The van der Waals surface area contributed by atoms with Crippen molar-refractivity contribution < 1.29 is 4.29 Å². The van der Waals surface area contributed by atoms with Crippen LogP contribution in [0.3, 0.4) is 0 Å². The third-order valence-corrected chi connectivity index (χ3v) is 4.61. The molecule has 1 heterocycles. The third-order valence-electron chi connectivity index (χ3n) is 4.46. The van der Waals surface area contributed by atoms with Crippen LogP contribution >= 0.6 is 11.9 Å². The second kappa shape index (κ2) is 5.61. The Morgan fingerprint density at radius 3 is 2.55 bits per heavy atom. The molecule has 114 valence electrons. The first-order valence-electron chi connectivity index (χ1n) is 7.31. The molecule has 0 fully saturated rings. The number of aromatic nitrogens is 3. The number of hydrogen-bond donors (Lipinski definition) is 1. The number of benzene rings is 2. The topological polar surface area (TPSA) is 50.8 Å². The second-order valence-electron chi connectivity index (χ2n) is 5.49. The summed E-state index contributed by atoms with van der Waals surface area (Å²) in [6.07, 6.45) is 0.945. The molecular formula is C17H18ClN3O. The zero-order valence-corrected chi connectivity index (χ0v) is 13.9. The Balaban J connectivity index is 2.43. The van der Waals surface area contributed by atoms with E-state index in [0.717, 1.165) is 39.7 Å². The van der Waals surface area contributed by atoms with Crippen molar-refractivity contribution >= 4 is 22.9 Å². The standard InChI is InChI=1S/C17H18ClN3O/c1-5-12-9(2)10(3)15(17(22-18)11(12)4)13-7-6-8-14-16(13)20-21-19-14/h6-8H,5H2,1-4H3,(H,19,20,21). The molecule has 0 aliphatic rings. The lowest BCUT2D eigenvalue weighted by Gasteiger charge is -2.20. The molecule has 0 saturated heterocycles. The van der Waals surface area contributed by atoms with Crippen LogP contribution in [0.4, 0.5) is 0 Å². The molecule has 0 amide bonds. The summed E-state index contributed by atoms with van der Waals surface area (Å²) in [4.78, 5) is 0. The molecule has 0 saturated carbocycles. The van der Waals surface area contributed by atoms with Crippen LogP contribution < -0.4 is 4.29 Å². The molecule has 0 unspecified atom stereocenters. The Morgan fingerprint density at radius 2 is 1.86 bits per heavy atom. The van der Waals surface area contributed by atoms with E-state index < -0.39 is 0 Å². The van der Waals surface area contributed by atoms with Crippen molar-refractivity contribution in [3.8, 4) is 16.9 Å². The van der Waals surface area contributed by atoms with E-state index >= 15 is 0 Å². The number of hydrogen-bond acceptors (Lipinski definition) is 3. The largest absolute Gasteiger partial charge is 0.385 e. The average molecular weight is 316 g/mol. The molecule has 2 aromatic carbocycles. The summed E-state index contributed by atoms with van der Waals surface area (Å²) in [5.41, 5.74) is 8.41. The zero-order valence-electron chi connectivity index (χ0n) is 13.1. The Morgan fingerprint density at radius 1 is 1.09 bits per heavy atom. The van der Waals surface area contributed by atoms with Crippen LogP contribution in [-0.2, 0) is 6.42 Å². The van der Waals surface area contributed by atoms with E-state index in [1.807, 2.05) is 18.2 Å². The van der Waals surface area contributed by atoms with E-state index in [1.54, 1.807) is 0 Å². The van der Waals surface area contributed by atoms with Crippen molar-refractivity contribution in [2.24, 2.45) is 0 Å². The normalized spacial score (nSPS) is 11.1. The van der Waals surface area contributed by atoms with Crippen molar-refractivity contribution in [1.29, 1.82) is 0 Å². The lowest BCUT2D eigenvalue weighted by atomic mass is 9.87. The van der Waals surface area contributed by atoms with Crippen LogP contribution in [0.15, 0.2) is 18.2 Å². The number of para-hydroxylation sites is 1. The van der Waals surface area contributed by atoms with Gasteiger partial charge in [-0.2, -0.15) is 15.4 Å². The Labute approximate surface area is 134 Å². The second-order valence-corrected chi connectivity index (χ2v) is 5.64. The Hall–Kier alpha value is -2.07. The summed E-state index contributed by atoms with van der Waals surface area (Å²) < 4.78 is 5.25. The number of nitrogens with zero attached hydrogens (tertiary/aromatic N) is 2. The van der Waals surface area contributed by atoms with Crippen molar-refractivity contribution in [1.82, 2.24) is 15.4 Å². The molecule has 0 bridgehead atoms. The van der Waals surface area contributed by atoms with Gasteiger partial charge in [0.25, 0.3) is 0 Å². The molecule has 0 spiro atoms. The van der Waals surface area contributed by atoms with Crippen LogP contribution in [0.5, 0.6) is 5.75 Å². The van der Waals surface area contributed by atoms with Gasteiger partial charge in [-0.15, -0.1) is 0 Å². The van der Waals surface area contributed by atoms with E-state index in [4.69, 9.17) is 16.2 Å². The van der Waals surface area contributed by atoms with Gasteiger partial charge in [0.2, 0.25) is 0 Å². The molecule has 0 radical (unpaired) electrons. The number of fused-ring (bicyclic) bond motifs is 1. The number of H-pyrrole nitrogens is 1. The van der Waals surface area contributed by atoms with E-state index in [-0.39, 0.29) is 0 Å². The van der Waals surface area contributed by atoms with Gasteiger partial charge in [0.1, 0.15) is 22.9 Å². The summed E-state index contributed by atoms with van der Waals surface area (Å²) in [5, 5.41) is 11.1. The molecule has 3 aromatic rings. The molecule has 1 aromatic heterocycles. The fraction of sp³-hybridized carbons (Fsp3) is 0.294. The van der Waals surface area contributed by atoms with Crippen molar-refractivity contribution in [3.05, 3.63) is 40.5 Å². The lowest BCUT2D eigenvalue weighted by Crippen LogP contribution is -2.01. The molecular weight excluding hydrogens is 298 g/mol. The van der Waals surface area contributed by atoms with Gasteiger partial charge < -0.3 is 4.29 Å². The summed E-state index contributed by atoms with van der Waals surface area (Å²) in [6.45, 7) is 8.44. The molecule has 0 atom stereocenters. The minimum atomic E-state index is 0.706. The van der Waals surface area contributed by atoms with Gasteiger partial charge in [0, 0.05) is 11.1 Å². The van der Waals surface area contributed by atoms with Gasteiger partial charge in [0.05, 0.1) is 0 Å². The number of aromatic amines is 1. The van der Waals surface area contributed by atoms with Gasteiger partial charge in [0.15, 0.2) is 5.75 Å². The van der Waals surface area contributed by atoms with Crippen LogP contribution in [0.25, 0.3) is 22.2 Å². The monoisotopic (exact) mass is 315 g/mol. The maximum Gasteiger partial charge on any atom is 0.157 e. The van der Waals surface area contributed by atoms with Crippen LogP contribution in [-0.4, -0.2) is 15.4 Å². The predicted octanol–water partition coefficient (Wildman–Crippen LogP) is 4.65. The SMILES string of the molecule is CCc1c(C)c(C)c(-c2cccc3n[nH]nc23)c(OCl)c1C. The van der Waals surface area contributed by atoms with E-state index in [2.05, 4.69) is 43.1 Å². The summed E-state index contributed by atoms with van der Waals surface area (Å²) in [6, 6.07) is 5.92. The number of rotatable bonds is 3. The van der Waals surface area contributed by atoms with E-state index in [9.17, 15) is 0 Å². The highest BCUT2D eigenvalue weighted by atomic mass is 35.5. The highest BCUT2D eigenvalue weighted by molar-refractivity contribution is 6.10. The van der Waals surface area contributed by atoms with Crippen LogP contribution in [0, 0.1) is 20.8 Å². The molecule has 5 heteroatoms. The zero-order chi connectivity index (χ0) is 15.9. The molecule has 22 heavy (non-hydrogen) atoms. The molecule has 4 nitrogen and oxygen atoms in total. The maximum absolute atomic E-state index is 5.82. The van der Waals surface area contributed by atoms with Crippen molar-refractivity contribution in [3.63, 3.8) is 0 Å². The van der Waals surface area contributed by atoms with Crippen molar-refractivity contribution in [2.75, 3.05) is 0 Å². The fourth-order valence-electron chi connectivity index (χ4n) is 3.21. The first-order chi connectivity index (χ1) is 10.6. The smallest absolute Gasteiger partial charge is 0.157 e. The number of nitrogens with one attached hydrogen (secondary N) is 1. The predicted molar refractivity (Wildman–Crippen MR) is 89.4 cm³/mol. The minimum absolute atomic E-state index is 0.706.